The molecule has 2 N–H and O–H groups in total. The number of carbonyl (C=O) groups excluding carboxylic acids is 3. The third-order valence-electron chi connectivity index (χ3n) is 4.82. The number of ether oxygens (including phenoxy) is 3. The van der Waals surface area contributed by atoms with Crippen LogP contribution in [0, 0.1) is 0 Å². The van der Waals surface area contributed by atoms with Gasteiger partial charge in [-0.15, -0.1) is 0 Å². The molecule has 36 heavy (non-hydrogen) atoms. The Bertz CT molecular complexity index is 1190. The van der Waals surface area contributed by atoms with Crippen molar-refractivity contribution in [2.24, 2.45) is 5.10 Å². The summed E-state index contributed by atoms with van der Waals surface area (Å²) in [7, 11) is 1.54. The first kappa shape index (κ1) is 26.0. The van der Waals surface area contributed by atoms with E-state index in [9.17, 15) is 14.4 Å². The van der Waals surface area contributed by atoms with Gasteiger partial charge in [0.05, 0.1) is 32.0 Å². The van der Waals surface area contributed by atoms with Gasteiger partial charge in [0.1, 0.15) is 17.2 Å². The van der Waals surface area contributed by atoms with Crippen LogP contribution in [-0.4, -0.2) is 44.3 Å². The van der Waals surface area contributed by atoms with Gasteiger partial charge in [0.15, 0.2) is 0 Å². The summed E-state index contributed by atoms with van der Waals surface area (Å²) in [5.41, 5.74) is 3.83. The number of amides is 2. The van der Waals surface area contributed by atoms with Gasteiger partial charge < -0.3 is 19.5 Å². The molecule has 0 saturated heterocycles. The molecule has 0 saturated carbocycles. The Morgan fingerprint density at radius 1 is 0.833 bits per heavy atom. The first-order valence-corrected chi connectivity index (χ1v) is 11.3. The molecular weight excluding hydrogens is 462 g/mol. The number of benzene rings is 3. The molecule has 9 nitrogen and oxygen atoms in total. The second-order valence-electron chi connectivity index (χ2n) is 7.54. The van der Waals surface area contributed by atoms with E-state index < -0.39 is 11.9 Å². The lowest BCUT2D eigenvalue weighted by molar-refractivity contribution is -0.120. The van der Waals surface area contributed by atoms with Crippen molar-refractivity contribution in [1.82, 2.24) is 10.7 Å². The summed E-state index contributed by atoms with van der Waals surface area (Å²) >= 11 is 0. The lowest BCUT2D eigenvalue weighted by Gasteiger charge is -2.07. The molecule has 0 bridgehead atoms. The van der Waals surface area contributed by atoms with Crippen LogP contribution >= 0.6 is 0 Å². The van der Waals surface area contributed by atoms with Crippen molar-refractivity contribution in [3.63, 3.8) is 0 Å². The standard InChI is InChI=1S/C27H27N3O6/c1-3-16-35-23-14-8-21(9-15-23)27(33)36-24-10-4-19(5-11-24)17-29-30-25(31)18-28-26(32)20-6-12-22(34-2)13-7-20/h4-15,17H,3,16,18H2,1-2H3,(H,28,32)(H,30,31)/b29-17-. The monoisotopic (exact) mass is 489 g/mol. The summed E-state index contributed by atoms with van der Waals surface area (Å²) < 4.78 is 15.9. The van der Waals surface area contributed by atoms with Crippen LogP contribution in [-0.2, 0) is 4.79 Å². The average Bonchev–Trinajstić information content (AvgIpc) is 2.91. The van der Waals surface area contributed by atoms with Crippen molar-refractivity contribution in [3.05, 3.63) is 89.5 Å². The third kappa shape index (κ3) is 7.98. The van der Waals surface area contributed by atoms with E-state index in [4.69, 9.17) is 14.2 Å². The molecule has 3 aromatic carbocycles. The van der Waals surface area contributed by atoms with Gasteiger partial charge in [-0.25, -0.2) is 10.2 Å². The molecule has 0 aromatic heterocycles. The maximum atomic E-state index is 12.3. The molecule has 0 aliphatic rings. The third-order valence-corrected chi connectivity index (χ3v) is 4.82. The lowest BCUT2D eigenvalue weighted by Crippen LogP contribution is -2.34. The number of nitrogens with one attached hydrogen (secondary N) is 2. The molecule has 0 aliphatic carbocycles. The van der Waals surface area contributed by atoms with E-state index in [1.807, 2.05) is 6.92 Å². The van der Waals surface area contributed by atoms with Crippen LogP contribution in [0.3, 0.4) is 0 Å². The highest BCUT2D eigenvalue weighted by molar-refractivity contribution is 5.96. The number of rotatable bonds is 11. The highest BCUT2D eigenvalue weighted by Gasteiger charge is 2.09. The molecule has 186 valence electrons. The lowest BCUT2D eigenvalue weighted by atomic mass is 10.2. The molecule has 0 aliphatic heterocycles. The van der Waals surface area contributed by atoms with Crippen molar-refractivity contribution in [3.8, 4) is 17.2 Å². The Hall–Kier alpha value is -4.66. The van der Waals surface area contributed by atoms with Crippen molar-refractivity contribution in [2.45, 2.75) is 13.3 Å². The highest BCUT2D eigenvalue weighted by Crippen LogP contribution is 2.16. The predicted molar refractivity (Wildman–Crippen MR) is 135 cm³/mol. The molecule has 3 aromatic rings. The zero-order valence-electron chi connectivity index (χ0n) is 20.0. The van der Waals surface area contributed by atoms with Gasteiger partial charge >= 0.3 is 5.97 Å². The molecule has 0 atom stereocenters. The maximum Gasteiger partial charge on any atom is 0.343 e. The van der Waals surface area contributed by atoms with Crippen molar-refractivity contribution in [2.75, 3.05) is 20.3 Å². The van der Waals surface area contributed by atoms with E-state index in [1.165, 1.54) is 13.3 Å². The molecule has 0 radical (unpaired) electrons. The first-order chi connectivity index (χ1) is 17.5. The average molecular weight is 490 g/mol. The summed E-state index contributed by atoms with van der Waals surface area (Å²) in [6.07, 6.45) is 2.34. The van der Waals surface area contributed by atoms with E-state index in [1.54, 1.807) is 72.8 Å². The summed E-state index contributed by atoms with van der Waals surface area (Å²) in [6, 6.07) is 19.9. The minimum absolute atomic E-state index is 0.233. The van der Waals surface area contributed by atoms with Crippen LogP contribution < -0.4 is 25.0 Å². The van der Waals surface area contributed by atoms with Crippen molar-refractivity contribution in [1.29, 1.82) is 0 Å². The summed E-state index contributed by atoms with van der Waals surface area (Å²) in [6.45, 7) is 2.40. The van der Waals surface area contributed by atoms with Crippen molar-refractivity contribution < 1.29 is 28.6 Å². The number of carbonyl (C=O) groups is 3. The Balaban J connectivity index is 1.42. The number of esters is 1. The number of methoxy groups -OCH3 is 1. The Morgan fingerprint density at radius 2 is 1.44 bits per heavy atom. The molecule has 0 heterocycles. The number of nitrogens with zero attached hydrogens (tertiary/aromatic N) is 1. The first-order valence-electron chi connectivity index (χ1n) is 11.3. The second-order valence-corrected chi connectivity index (χ2v) is 7.54. The van der Waals surface area contributed by atoms with Gasteiger partial charge in [-0.05, 0) is 84.8 Å². The highest BCUT2D eigenvalue weighted by atomic mass is 16.5. The van der Waals surface area contributed by atoms with Gasteiger partial charge in [-0.3, -0.25) is 9.59 Å². The fourth-order valence-corrected chi connectivity index (χ4v) is 2.92. The number of hydrogen-bond donors (Lipinski definition) is 2. The van der Waals surface area contributed by atoms with E-state index in [2.05, 4.69) is 15.8 Å². The molecule has 0 spiro atoms. The van der Waals surface area contributed by atoms with Gasteiger partial charge in [0.25, 0.3) is 11.8 Å². The largest absolute Gasteiger partial charge is 0.497 e. The van der Waals surface area contributed by atoms with Crippen LogP contribution in [0.5, 0.6) is 17.2 Å². The maximum absolute atomic E-state index is 12.3. The zero-order valence-corrected chi connectivity index (χ0v) is 20.0. The molecule has 2 amide bonds. The SMILES string of the molecule is CCCOc1ccc(C(=O)Oc2ccc(/C=N\NC(=O)CNC(=O)c3ccc(OC)cc3)cc2)cc1. The fraction of sp³-hybridized carbons (Fsp3) is 0.185. The van der Waals surface area contributed by atoms with E-state index in [0.717, 1.165) is 6.42 Å². The minimum Gasteiger partial charge on any atom is -0.497 e. The molecule has 0 fully saturated rings. The van der Waals surface area contributed by atoms with Crippen LogP contribution in [0.1, 0.15) is 39.6 Å². The number of hydrogen-bond acceptors (Lipinski definition) is 7. The minimum atomic E-state index is -0.484. The smallest absolute Gasteiger partial charge is 0.343 e. The summed E-state index contributed by atoms with van der Waals surface area (Å²) in [5.74, 6) is 0.347. The van der Waals surface area contributed by atoms with E-state index >= 15 is 0 Å². The van der Waals surface area contributed by atoms with E-state index in [0.29, 0.717) is 40.5 Å². The van der Waals surface area contributed by atoms with Crippen molar-refractivity contribution >= 4 is 24.0 Å². The molecule has 3 rings (SSSR count). The summed E-state index contributed by atoms with van der Waals surface area (Å²) in [4.78, 5) is 36.3. The summed E-state index contributed by atoms with van der Waals surface area (Å²) in [5, 5.41) is 6.39. The van der Waals surface area contributed by atoms with Gasteiger partial charge in [0.2, 0.25) is 0 Å². The van der Waals surface area contributed by atoms with Gasteiger partial charge in [-0.1, -0.05) is 6.92 Å². The van der Waals surface area contributed by atoms with Gasteiger partial charge in [-0.2, -0.15) is 5.10 Å². The Kier molecular flexibility index (Phi) is 9.58. The topological polar surface area (TPSA) is 115 Å². The number of hydrazone groups is 1. The van der Waals surface area contributed by atoms with E-state index in [-0.39, 0.29) is 12.5 Å². The van der Waals surface area contributed by atoms with Crippen LogP contribution in [0.4, 0.5) is 0 Å². The van der Waals surface area contributed by atoms with Crippen LogP contribution in [0.15, 0.2) is 77.9 Å². The molecule has 0 unspecified atom stereocenters. The predicted octanol–water partition coefficient (Wildman–Crippen LogP) is 3.58. The van der Waals surface area contributed by atoms with Crippen LogP contribution in [0.25, 0.3) is 0 Å². The second kappa shape index (κ2) is 13.3. The normalized spacial score (nSPS) is 10.5. The van der Waals surface area contributed by atoms with Gasteiger partial charge in [0, 0.05) is 5.56 Å². The van der Waals surface area contributed by atoms with Crippen LogP contribution in [0.2, 0.25) is 0 Å². The quantitative estimate of drug-likeness (QED) is 0.184. The Labute approximate surface area is 209 Å². The Morgan fingerprint density at radius 3 is 2.08 bits per heavy atom. The fourth-order valence-electron chi connectivity index (χ4n) is 2.92. The molecular formula is C27H27N3O6. The zero-order chi connectivity index (χ0) is 25.8. The molecule has 9 heteroatoms.